The summed E-state index contributed by atoms with van der Waals surface area (Å²) in [7, 11) is 3.46. The van der Waals surface area contributed by atoms with E-state index < -0.39 is 0 Å². The van der Waals surface area contributed by atoms with Gasteiger partial charge in [0.05, 0.1) is 13.2 Å². The average molecular weight is 232 g/mol. The predicted molar refractivity (Wildman–Crippen MR) is 67.7 cm³/mol. The first-order chi connectivity index (χ1) is 7.40. The molecule has 0 heterocycles. The standard InChI is InChI=1S/C12H28N2O2/c1-11(10-16-5)14(8-9-15-4)7-6-12(2,3)13/h11H,6-10,13H2,1-5H3. The van der Waals surface area contributed by atoms with Gasteiger partial charge < -0.3 is 15.2 Å². The number of rotatable bonds is 9. The third kappa shape index (κ3) is 8.05. The van der Waals surface area contributed by atoms with Crippen molar-refractivity contribution >= 4 is 0 Å². The van der Waals surface area contributed by atoms with E-state index in [1.807, 2.05) is 0 Å². The van der Waals surface area contributed by atoms with Gasteiger partial charge >= 0.3 is 0 Å². The highest BCUT2D eigenvalue weighted by Crippen LogP contribution is 2.08. The van der Waals surface area contributed by atoms with Gasteiger partial charge in [0.2, 0.25) is 0 Å². The van der Waals surface area contributed by atoms with E-state index in [9.17, 15) is 0 Å². The molecule has 98 valence electrons. The fourth-order valence-electron chi connectivity index (χ4n) is 1.54. The molecule has 4 nitrogen and oxygen atoms in total. The van der Waals surface area contributed by atoms with Crippen molar-refractivity contribution < 1.29 is 9.47 Å². The summed E-state index contributed by atoms with van der Waals surface area (Å²) in [6.07, 6.45) is 0.977. The molecule has 0 aromatic heterocycles. The summed E-state index contributed by atoms with van der Waals surface area (Å²) in [5.41, 5.74) is 5.88. The first-order valence-electron chi connectivity index (χ1n) is 5.91. The quantitative estimate of drug-likeness (QED) is 0.646. The van der Waals surface area contributed by atoms with Gasteiger partial charge in [-0.05, 0) is 27.2 Å². The summed E-state index contributed by atoms with van der Waals surface area (Å²) >= 11 is 0. The minimum Gasteiger partial charge on any atom is -0.383 e. The zero-order valence-electron chi connectivity index (χ0n) is 11.5. The molecule has 1 atom stereocenters. The topological polar surface area (TPSA) is 47.7 Å². The van der Waals surface area contributed by atoms with E-state index >= 15 is 0 Å². The lowest BCUT2D eigenvalue weighted by molar-refractivity contribution is 0.0711. The van der Waals surface area contributed by atoms with Crippen molar-refractivity contribution in [3.8, 4) is 0 Å². The molecular formula is C12H28N2O2. The molecule has 1 unspecified atom stereocenters. The molecule has 16 heavy (non-hydrogen) atoms. The third-order valence-electron chi connectivity index (χ3n) is 2.66. The maximum atomic E-state index is 6.00. The van der Waals surface area contributed by atoms with E-state index in [0.717, 1.165) is 32.7 Å². The Balaban J connectivity index is 4.08. The Morgan fingerprint density at radius 3 is 2.25 bits per heavy atom. The second-order valence-corrected chi connectivity index (χ2v) is 5.07. The van der Waals surface area contributed by atoms with Crippen LogP contribution in [0.3, 0.4) is 0 Å². The normalized spacial score (nSPS) is 14.4. The fourth-order valence-corrected chi connectivity index (χ4v) is 1.54. The van der Waals surface area contributed by atoms with Crippen molar-refractivity contribution in [2.24, 2.45) is 5.73 Å². The highest BCUT2D eigenvalue weighted by atomic mass is 16.5. The molecule has 0 aromatic carbocycles. The van der Waals surface area contributed by atoms with Crippen molar-refractivity contribution in [2.75, 3.05) is 40.5 Å². The maximum absolute atomic E-state index is 6.00. The van der Waals surface area contributed by atoms with E-state index in [4.69, 9.17) is 15.2 Å². The highest BCUT2D eigenvalue weighted by Gasteiger charge is 2.17. The molecule has 0 amide bonds. The summed E-state index contributed by atoms with van der Waals surface area (Å²) in [6.45, 7) is 9.69. The molecule has 0 aliphatic carbocycles. The minimum atomic E-state index is -0.113. The smallest absolute Gasteiger partial charge is 0.0615 e. The molecule has 0 bridgehead atoms. The van der Waals surface area contributed by atoms with E-state index in [-0.39, 0.29) is 5.54 Å². The van der Waals surface area contributed by atoms with Crippen LogP contribution >= 0.6 is 0 Å². The number of ether oxygens (including phenoxy) is 2. The number of nitrogens with zero attached hydrogens (tertiary/aromatic N) is 1. The molecule has 4 heteroatoms. The van der Waals surface area contributed by atoms with Crippen molar-refractivity contribution in [3.05, 3.63) is 0 Å². The molecule has 0 rings (SSSR count). The van der Waals surface area contributed by atoms with Gasteiger partial charge in [-0.25, -0.2) is 0 Å². The minimum absolute atomic E-state index is 0.113. The summed E-state index contributed by atoms with van der Waals surface area (Å²) in [4.78, 5) is 2.36. The highest BCUT2D eigenvalue weighted by molar-refractivity contribution is 4.76. The Kier molecular flexibility index (Phi) is 7.93. The van der Waals surface area contributed by atoms with Gasteiger partial charge in [0.25, 0.3) is 0 Å². The maximum Gasteiger partial charge on any atom is 0.0615 e. The molecule has 0 fully saturated rings. The van der Waals surface area contributed by atoms with Gasteiger partial charge in [0, 0.05) is 38.9 Å². The lowest BCUT2D eigenvalue weighted by atomic mass is 10.0. The van der Waals surface area contributed by atoms with Gasteiger partial charge in [0.1, 0.15) is 0 Å². The molecule has 0 aromatic rings. The Bertz CT molecular complexity index is 169. The van der Waals surface area contributed by atoms with Crippen LogP contribution in [-0.4, -0.2) is 57.0 Å². The molecule has 0 aliphatic rings. The van der Waals surface area contributed by atoms with Crippen molar-refractivity contribution in [3.63, 3.8) is 0 Å². The van der Waals surface area contributed by atoms with Crippen molar-refractivity contribution in [2.45, 2.75) is 38.8 Å². The van der Waals surface area contributed by atoms with Crippen LogP contribution < -0.4 is 5.73 Å². The van der Waals surface area contributed by atoms with Gasteiger partial charge in [-0.3, -0.25) is 4.90 Å². The summed E-state index contributed by atoms with van der Waals surface area (Å²) in [6, 6.07) is 0.405. The number of methoxy groups -OCH3 is 2. The Hall–Kier alpha value is -0.160. The first kappa shape index (κ1) is 15.8. The number of hydrogen-bond donors (Lipinski definition) is 1. The summed E-state index contributed by atoms with van der Waals surface area (Å²) < 4.78 is 10.3. The van der Waals surface area contributed by atoms with Crippen LogP contribution in [-0.2, 0) is 9.47 Å². The lowest BCUT2D eigenvalue weighted by Gasteiger charge is -2.31. The molecular weight excluding hydrogens is 204 g/mol. The fraction of sp³-hybridized carbons (Fsp3) is 1.00. The average Bonchev–Trinajstić information content (AvgIpc) is 2.16. The Morgan fingerprint density at radius 1 is 1.19 bits per heavy atom. The Labute approximate surface area is 100 Å². The van der Waals surface area contributed by atoms with E-state index in [1.165, 1.54) is 0 Å². The van der Waals surface area contributed by atoms with Gasteiger partial charge in [0.15, 0.2) is 0 Å². The molecule has 0 aliphatic heterocycles. The van der Waals surface area contributed by atoms with Crippen LogP contribution in [0.4, 0.5) is 0 Å². The van der Waals surface area contributed by atoms with Crippen molar-refractivity contribution in [1.82, 2.24) is 4.90 Å². The second kappa shape index (κ2) is 8.01. The lowest BCUT2D eigenvalue weighted by Crippen LogP contribution is -2.43. The van der Waals surface area contributed by atoms with Gasteiger partial charge in [-0.1, -0.05) is 0 Å². The zero-order valence-corrected chi connectivity index (χ0v) is 11.5. The largest absolute Gasteiger partial charge is 0.383 e. The van der Waals surface area contributed by atoms with Crippen LogP contribution in [0.5, 0.6) is 0 Å². The molecule has 0 saturated heterocycles. The van der Waals surface area contributed by atoms with Crippen LogP contribution in [0.15, 0.2) is 0 Å². The molecule has 0 saturated carbocycles. The number of nitrogens with two attached hydrogens (primary N) is 1. The predicted octanol–water partition coefficient (Wildman–Crippen LogP) is 1.10. The number of hydrogen-bond acceptors (Lipinski definition) is 4. The Morgan fingerprint density at radius 2 is 1.81 bits per heavy atom. The van der Waals surface area contributed by atoms with Gasteiger partial charge in [-0.15, -0.1) is 0 Å². The van der Waals surface area contributed by atoms with Crippen LogP contribution in [0.2, 0.25) is 0 Å². The van der Waals surface area contributed by atoms with E-state index in [2.05, 4.69) is 25.7 Å². The summed E-state index contributed by atoms with van der Waals surface area (Å²) in [5, 5.41) is 0. The van der Waals surface area contributed by atoms with E-state index in [0.29, 0.717) is 6.04 Å². The van der Waals surface area contributed by atoms with E-state index in [1.54, 1.807) is 14.2 Å². The van der Waals surface area contributed by atoms with Crippen molar-refractivity contribution in [1.29, 1.82) is 0 Å². The third-order valence-corrected chi connectivity index (χ3v) is 2.66. The zero-order chi connectivity index (χ0) is 12.6. The van der Waals surface area contributed by atoms with Crippen LogP contribution in [0, 0.1) is 0 Å². The first-order valence-corrected chi connectivity index (χ1v) is 5.91. The molecule has 2 N–H and O–H groups in total. The molecule has 0 spiro atoms. The summed E-state index contributed by atoms with van der Waals surface area (Å²) in [5.74, 6) is 0. The SMILES string of the molecule is COCCN(CCC(C)(C)N)C(C)COC. The van der Waals surface area contributed by atoms with Crippen LogP contribution in [0.25, 0.3) is 0 Å². The van der Waals surface area contributed by atoms with Gasteiger partial charge in [-0.2, -0.15) is 0 Å². The van der Waals surface area contributed by atoms with Crippen LogP contribution in [0.1, 0.15) is 27.2 Å². The monoisotopic (exact) mass is 232 g/mol. The second-order valence-electron chi connectivity index (χ2n) is 5.07. The molecule has 0 radical (unpaired) electrons.